The number of hydrogen-bond acceptors (Lipinski definition) is 5. The first-order chi connectivity index (χ1) is 20.3. The van der Waals surface area contributed by atoms with Crippen LogP contribution in [0.1, 0.15) is 80.9 Å². The van der Waals surface area contributed by atoms with E-state index in [0.29, 0.717) is 18.0 Å². The van der Waals surface area contributed by atoms with E-state index in [1.807, 2.05) is 49.4 Å². The molecule has 0 aromatic heterocycles. The van der Waals surface area contributed by atoms with Crippen molar-refractivity contribution in [3.05, 3.63) is 70.2 Å². The summed E-state index contributed by atoms with van der Waals surface area (Å²) in [5.41, 5.74) is 2.75. The average molecular weight is 598 g/mol. The number of rotatable bonds is 14. The fraction of sp³-hybridized carbons (Fsp3) is 0.545. The SMILES string of the molecule is Cc1ccccc1CCNC(=O)CC[C@@H](CO)NC(=O)[C@H](CC1CCCCC1)OC(=O)NC1(c2cccc(Cl)c2)CC1. The van der Waals surface area contributed by atoms with Crippen molar-refractivity contribution in [1.82, 2.24) is 16.0 Å². The summed E-state index contributed by atoms with van der Waals surface area (Å²) in [4.78, 5) is 38.9. The predicted octanol–water partition coefficient (Wildman–Crippen LogP) is 5.32. The number of alkyl carbamates (subject to hydrolysis) is 1. The number of halogens is 1. The van der Waals surface area contributed by atoms with E-state index < -0.39 is 29.7 Å². The summed E-state index contributed by atoms with van der Waals surface area (Å²) in [6.07, 6.45) is 6.87. The second-order valence-electron chi connectivity index (χ2n) is 11.8. The van der Waals surface area contributed by atoms with Crippen LogP contribution in [0.5, 0.6) is 0 Å². The van der Waals surface area contributed by atoms with Crippen molar-refractivity contribution in [2.45, 2.75) is 95.2 Å². The zero-order valence-corrected chi connectivity index (χ0v) is 25.3. The van der Waals surface area contributed by atoms with Gasteiger partial charge < -0.3 is 25.8 Å². The molecule has 0 bridgehead atoms. The third kappa shape index (κ3) is 9.46. The lowest BCUT2D eigenvalue weighted by atomic mass is 9.85. The molecule has 0 aliphatic heterocycles. The monoisotopic (exact) mass is 597 g/mol. The van der Waals surface area contributed by atoms with Crippen LogP contribution in [-0.2, 0) is 26.3 Å². The van der Waals surface area contributed by atoms with E-state index in [1.54, 1.807) is 6.07 Å². The standard InChI is InChI=1S/C33H44ClN3O5/c1-23-8-5-6-11-25(23)16-19-35-30(39)15-14-28(22-38)36-31(40)29(20-24-9-3-2-4-10-24)42-32(41)37-33(17-18-33)26-12-7-13-27(34)21-26/h5-8,11-13,21,24,28-29,38H,2-4,9-10,14-20,22H2,1H3,(H,35,39)(H,36,40)(H,37,41)/t28-,29-/m0/s1. The largest absolute Gasteiger partial charge is 0.436 e. The minimum atomic E-state index is -0.986. The quantitative estimate of drug-likeness (QED) is 0.235. The molecule has 2 aromatic carbocycles. The van der Waals surface area contributed by atoms with Crippen LogP contribution in [0, 0.1) is 12.8 Å². The molecule has 2 saturated carbocycles. The maximum absolute atomic E-state index is 13.4. The molecule has 42 heavy (non-hydrogen) atoms. The topological polar surface area (TPSA) is 117 Å². The molecular weight excluding hydrogens is 554 g/mol. The molecule has 0 saturated heterocycles. The molecule has 2 aromatic rings. The van der Waals surface area contributed by atoms with E-state index in [9.17, 15) is 19.5 Å². The number of nitrogens with one attached hydrogen (secondary N) is 3. The van der Waals surface area contributed by atoms with Crippen LogP contribution >= 0.6 is 11.6 Å². The molecule has 2 atom stereocenters. The van der Waals surface area contributed by atoms with Gasteiger partial charge >= 0.3 is 6.09 Å². The van der Waals surface area contributed by atoms with Gasteiger partial charge in [0.1, 0.15) is 0 Å². The molecule has 2 aliphatic rings. The average Bonchev–Trinajstić information content (AvgIpc) is 3.76. The minimum Gasteiger partial charge on any atom is -0.436 e. The number of aliphatic hydroxyl groups excluding tert-OH is 1. The van der Waals surface area contributed by atoms with Crippen LogP contribution < -0.4 is 16.0 Å². The Balaban J connectivity index is 1.29. The van der Waals surface area contributed by atoms with Crippen LogP contribution in [0.4, 0.5) is 4.79 Å². The number of amides is 3. The van der Waals surface area contributed by atoms with Gasteiger partial charge in [0.05, 0.1) is 18.2 Å². The van der Waals surface area contributed by atoms with Gasteiger partial charge in [-0.25, -0.2) is 4.79 Å². The van der Waals surface area contributed by atoms with Gasteiger partial charge in [-0.2, -0.15) is 0 Å². The summed E-state index contributed by atoms with van der Waals surface area (Å²) in [5.74, 6) is -0.291. The van der Waals surface area contributed by atoms with Gasteiger partial charge in [-0.05, 0) is 73.8 Å². The van der Waals surface area contributed by atoms with Gasteiger partial charge in [-0.3, -0.25) is 9.59 Å². The molecule has 4 N–H and O–H groups in total. The van der Waals surface area contributed by atoms with Crippen molar-refractivity contribution in [2.24, 2.45) is 5.92 Å². The molecule has 0 spiro atoms. The van der Waals surface area contributed by atoms with E-state index in [2.05, 4.69) is 16.0 Å². The van der Waals surface area contributed by atoms with Crippen LogP contribution in [0.2, 0.25) is 5.02 Å². The van der Waals surface area contributed by atoms with Crippen molar-refractivity contribution in [1.29, 1.82) is 0 Å². The second kappa shape index (κ2) is 15.4. The molecule has 0 radical (unpaired) electrons. The molecule has 0 heterocycles. The normalized spacial score (nSPS) is 17.5. The third-order valence-electron chi connectivity index (χ3n) is 8.55. The maximum Gasteiger partial charge on any atom is 0.408 e. The summed E-state index contributed by atoms with van der Waals surface area (Å²) in [5, 5.41) is 19.3. The fourth-order valence-corrected chi connectivity index (χ4v) is 6.00. The van der Waals surface area contributed by atoms with E-state index in [4.69, 9.17) is 16.3 Å². The van der Waals surface area contributed by atoms with Gasteiger partial charge in [0.2, 0.25) is 5.91 Å². The molecule has 228 valence electrons. The Bertz CT molecular complexity index is 1210. The highest BCUT2D eigenvalue weighted by Gasteiger charge is 2.46. The lowest BCUT2D eigenvalue weighted by molar-refractivity contribution is -0.132. The number of carbonyl (C=O) groups excluding carboxylic acids is 3. The van der Waals surface area contributed by atoms with E-state index in [0.717, 1.165) is 50.5 Å². The van der Waals surface area contributed by atoms with Gasteiger partial charge in [0.15, 0.2) is 6.10 Å². The molecule has 4 rings (SSSR count). The lowest BCUT2D eigenvalue weighted by Gasteiger charge is -2.28. The number of ether oxygens (including phenoxy) is 1. The summed E-state index contributed by atoms with van der Waals surface area (Å²) in [6.45, 7) is 2.25. The van der Waals surface area contributed by atoms with Crippen molar-refractivity contribution in [3.8, 4) is 0 Å². The van der Waals surface area contributed by atoms with Crippen molar-refractivity contribution in [3.63, 3.8) is 0 Å². The van der Waals surface area contributed by atoms with Gasteiger partial charge in [-0.1, -0.05) is 80.1 Å². The van der Waals surface area contributed by atoms with Crippen molar-refractivity contribution < 1.29 is 24.2 Å². The Hall–Kier alpha value is -3.10. The zero-order chi connectivity index (χ0) is 30.0. The summed E-state index contributed by atoms with van der Waals surface area (Å²) in [7, 11) is 0. The summed E-state index contributed by atoms with van der Waals surface area (Å²) >= 11 is 6.17. The first kappa shape index (κ1) is 31.8. The third-order valence-corrected chi connectivity index (χ3v) is 8.78. The number of hydrogen-bond donors (Lipinski definition) is 4. The number of benzene rings is 2. The fourth-order valence-electron chi connectivity index (χ4n) is 5.81. The molecular formula is C33H44ClN3O5. The molecule has 0 unspecified atom stereocenters. The molecule has 9 heteroatoms. The van der Waals surface area contributed by atoms with Gasteiger partial charge in [-0.15, -0.1) is 0 Å². The maximum atomic E-state index is 13.4. The first-order valence-corrected chi connectivity index (χ1v) is 15.6. The number of aryl methyl sites for hydroxylation is 1. The van der Waals surface area contributed by atoms with Crippen LogP contribution in [0.3, 0.4) is 0 Å². The highest BCUT2D eigenvalue weighted by atomic mass is 35.5. The van der Waals surface area contributed by atoms with Crippen molar-refractivity contribution >= 4 is 29.5 Å². The lowest BCUT2D eigenvalue weighted by Crippen LogP contribution is -2.47. The van der Waals surface area contributed by atoms with E-state index in [-0.39, 0.29) is 31.3 Å². The summed E-state index contributed by atoms with van der Waals surface area (Å²) in [6, 6.07) is 14.8. The second-order valence-corrected chi connectivity index (χ2v) is 12.2. The van der Waals surface area contributed by atoms with Gasteiger partial charge in [0, 0.05) is 18.0 Å². The Morgan fingerprint density at radius 1 is 1.07 bits per heavy atom. The number of carbonyl (C=O) groups is 3. The minimum absolute atomic E-state index is 0.138. The highest BCUT2D eigenvalue weighted by Crippen LogP contribution is 2.46. The Morgan fingerprint density at radius 2 is 1.83 bits per heavy atom. The molecule has 2 fully saturated rings. The van der Waals surface area contributed by atoms with E-state index >= 15 is 0 Å². The zero-order valence-electron chi connectivity index (χ0n) is 24.5. The number of aliphatic hydroxyl groups is 1. The smallest absolute Gasteiger partial charge is 0.408 e. The predicted molar refractivity (Wildman–Crippen MR) is 163 cm³/mol. The Kier molecular flexibility index (Phi) is 11.7. The Labute approximate surface area is 253 Å². The molecule has 3 amide bonds. The van der Waals surface area contributed by atoms with Crippen molar-refractivity contribution in [2.75, 3.05) is 13.2 Å². The van der Waals surface area contributed by atoms with Crippen LogP contribution in [0.15, 0.2) is 48.5 Å². The molecule has 8 nitrogen and oxygen atoms in total. The van der Waals surface area contributed by atoms with Crippen LogP contribution in [-0.4, -0.2) is 48.3 Å². The molecule has 2 aliphatic carbocycles. The first-order valence-electron chi connectivity index (χ1n) is 15.3. The highest BCUT2D eigenvalue weighted by molar-refractivity contribution is 6.30. The van der Waals surface area contributed by atoms with Crippen LogP contribution in [0.25, 0.3) is 0 Å². The Morgan fingerprint density at radius 3 is 2.52 bits per heavy atom. The van der Waals surface area contributed by atoms with E-state index in [1.165, 1.54) is 17.5 Å². The van der Waals surface area contributed by atoms with Gasteiger partial charge in [0.25, 0.3) is 5.91 Å². The summed E-state index contributed by atoms with van der Waals surface area (Å²) < 4.78 is 5.76.